The molecular weight excluding hydrogens is 422 g/mol. The average Bonchev–Trinajstić information content (AvgIpc) is 2.76. The molecular formula is C26H33NO6. The van der Waals surface area contributed by atoms with Crippen LogP contribution in [0.1, 0.15) is 51.8 Å². The third-order valence-corrected chi connectivity index (χ3v) is 5.37. The second-order valence-corrected chi connectivity index (χ2v) is 9.42. The van der Waals surface area contributed by atoms with Crippen molar-refractivity contribution in [3.63, 3.8) is 0 Å². The molecule has 1 aliphatic rings. The molecule has 3 rings (SSSR count). The van der Waals surface area contributed by atoms with Gasteiger partial charge in [0.2, 0.25) is 0 Å². The van der Waals surface area contributed by atoms with E-state index in [0.717, 1.165) is 11.1 Å². The molecule has 0 fully saturated rings. The number of hydrogen-bond donors (Lipinski definition) is 1. The number of rotatable bonds is 7. The number of ether oxygens (including phenoxy) is 3. The molecule has 1 amide bonds. The molecule has 0 bridgehead atoms. The van der Waals surface area contributed by atoms with Crippen LogP contribution in [-0.4, -0.2) is 52.8 Å². The van der Waals surface area contributed by atoms with Crippen molar-refractivity contribution in [3.05, 3.63) is 59.7 Å². The van der Waals surface area contributed by atoms with Crippen molar-refractivity contribution in [2.24, 2.45) is 0 Å². The number of benzene rings is 2. The molecule has 0 spiro atoms. The summed E-state index contributed by atoms with van der Waals surface area (Å²) in [6.45, 7) is 9.12. The highest BCUT2D eigenvalue weighted by Crippen LogP contribution is 2.33. The second kappa shape index (κ2) is 10.3. The number of carbonyl (C=O) groups excluding carboxylic acids is 2. The van der Waals surface area contributed by atoms with E-state index < -0.39 is 23.9 Å². The van der Waals surface area contributed by atoms with Gasteiger partial charge in [-0.2, -0.15) is 0 Å². The molecule has 1 N–H and O–H groups in total. The molecule has 3 atom stereocenters. The van der Waals surface area contributed by atoms with Crippen LogP contribution >= 0.6 is 0 Å². The first kappa shape index (κ1) is 24.6. The molecule has 0 aromatic heterocycles. The van der Waals surface area contributed by atoms with E-state index in [2.05, 4.69) is 0 Å². The predicted octanol–water partition coefficient (Wildman–Crippen LogP) is 4.32. The van der Waals surface area contributed by atoms with Gasteiger partial charge >= 0.3 is 6.09 Å². The van der Waals surface area contributed by atoms with Gasteiger partial charge in [0.05, 0.1) is 12.6 Å². The number of ketones is 1. The van der Waals surface area contributed by atoms with E-state index in [1.165, 1.54) is 6.92 Å². The van der Waals surface area contributed by atoms with Crippen LogP contribution < -0.4 is 9.47 Å². The Labute approximate surface area is 195 Å². The average molecular weight is 456 g/mol. The summed E-state index contributed by atoms with van der Waals surface area (Å²) < 4.78 is 17.0. The van der Waals surface area contributed by atoms with Crippen molar-refractivity contribution in [1.82, 2.24) is 4.90 Å². The number of fused-ring (bicyclic) bond motifs is 1. The minimum absolute atomic E-state index is 0.0803. The molecule has 0 unspecified atom stereocenters. The van der Waals surface area contributed by atoms with Crippen molar-refractivity contribution in [2.75, 3.05) is 13.2 Å². The summed E-state index contributed by atoms with van der Waals surface area (Å²) >= 11 is 0. The minimum atomic E-state index is -0.843. The summed E-state index contributed by atoms with van der Waals surface area (Å²) in [6, 6.07) is 14.5. The Kier molecular flexibility index (Phi) is 7.64. The molecule has 7 heteroatoms. The second-order valence-electron chi connectivity index (χ2n) is 9.42. The normalized spacial score (nSPS) is 17.1. The number of hydrogen-bond acceptors (Lipinski definition) is 6. The number of aliphatic hydroxyl groups excluding tert-OH is 1. The first-order chi connectivity index (χ1) is 15.5. The van der Waals surface area contributed by atoms with E-state index in [0.29, 0.717) is 17.9 Å². The number of amides is 1. The van der Waals surface area contributed by atoms with Gasteiger partial charge in [0, 0.05) is 6.04 Å². The van der Waals surface area contributed by atoms with Gasteiger partial charge in [0.15, 0.2) is 23.4 Å². The van der Waals surface area contributed by atoms with Crippen LogP contribution in [0.5, 0.6) is 11.5 Å². The Hall–Kier alpha value is -3.06. The van der Waals surface area contributed by atoms with Crippen molar-refractivity contribution in [2.45, 2.75) is 64.9 Å². The lowest BCUT2D eigenvalue weighted by atomic mass is 10.0. The maximum atomic E-state index is 13.0. The Morgan fingerprint density at radius 1 is 1.15 bits per heavy atom. The Bertz CT molecular complexity index is 968. The number of nitrogens with zero attached hydrogens (tertiary/aromatic N) is 1. The fraction of sp³-hybridized carbons (Fsp3) is 0.462. The number of carbonyl (C=O) groups is 2. The van der Waals surface area contributed by atoms with E-state index in [-0.39, 0.29) is 25.0 Å². The highest BCUT2D eigenvalue weighted by atomic mass is 16.6. The van der Waals surface area contributed by atoms with Gasteiger partial charge in [-0.25, -0.2) is 4.79 Å². The first-order valence-electron chi connectivity index (χ1n) is 11.2. The summed E-state index contributed by atoms with van der Waals surface area (Å²) in [7, 11) is 0. The molecule has 0 saturated carbocycles. The van der Waals surface area contributed by atoms with Crippen LogP contribution in [0, 0.1) is 0 Å². The van der Waals surface area contributed by atoms with Gasteiger partial charge in [0.1, 0.15) is 12.2 Å². The molecule has 178 valence electrons. The van der Waals surface area contributed by atoms with E-state index >= 15 is 0 Å². The summed E-state index contributed by atoms with van der Waals surface area (Å²) in [5, 5.41) is 10.8. The zero-order chi connectivity index (χ0) is 24.2. The summed E-state index contributed by atoms with van der Waals surface area (Å²) in [4.78, 5) is 26.1. The quantitative estimate of drug-likeness (QED) is 0.669. The van der Waals surface area contributed by atoms with E-state index in [1.807, 2.05) is 70.2 Å². The Morgan fingerprint density at radius 2 is 1.85 bits per heavy atom. The fourth-order valence-electron chi connectivity index (χ4n) is 3.62. The lowest BCUT2D eigenvalue weighted by Gasteiger charge is -2.33. The standard InChI is InChI=1S/C26H33NO6/c1-17(13-19-11-12-22-23(14-19)31-16-24(32-22)18(2)28)27(25(30)33-26(3,4)5)15-21(29)20-9-7-6-8-10-20/h6-12,14,17,21,24,29H,13,15-16H2,1-5H3/t17-,21+,24+/m0/s1. The van der Waals surface area contributed by atoms with Crippen LogP contribution in [0.4, 0.5) is 4.79 Å². The highest BCUT2D eigenvalue weighted by molar-refractivity contribution is 5.81. The summed E-state index contributed by atoms with van der Waals surface area (Å²) in [5.41, 5.74) is 1.02. The lowest BCUT2D eigenvalue weighted by Crippen LogP contribution is -2.45. The third kappa shape index (κ3) is 6.71. The topological polar surface area (TPSA) is 85.3 Å². The van der Waals surface area contributed by atoms with Gasteiger partial charge in [0.25, 0.3) is 0 Å². The zero-order valence-corrected chi connectivity index (χ0v) is 19.9. The highest BCUT2D eigenvalue weighted by Gasteiger charge is 2.29. The van der Waals surface area contributed by atoms with Gasteiger partial charge in [-0.05, 0) is 64.3 Å². The number of Topliss-reactive ketones (excluding diaryl/α,β-unsaturated/α-hetero) is 1. The largest absolute Gasteiger partial charge is 0.485 e. The van der Waals surface area contributed by atoms with E-state index in [4.69, 9.17) is 14.2 Å². The molecule has 7 nitrogen and oxygen atoms in total. The molecule has 0 radical (unpaired) electrons. The lowest BCUT2D eigenvalue weighted by molar-refractivity contribution is -0.125. The molecule has 1 aliphatic heterocycles. The Balaban J connectivity index is 1.76. The molecule has 2 aromatic rings. The SMILES string of the molecule is CC(=O)[C@H]1COc2cc(C[C@H](C)N(C[C@@H](O)c3ccccc3)C(=O)OC(C)(C)C)ccc2O1. The summed E-state index contributed by atoms with van der Waals surface area (Å²) in [5.74, 6) is 1.02. The summed E-state index contributed by atoms with van der Waals surface area (Å²) in [6.07, 6.45) is -1.39. The van der Waals surface area contributed by atoms with Crippen LogP contribution in [0.2, 0.25) is 0 Å². The van der Waals surface area contributed by atoms with Crippen LogP contribution in [0.15, 0.2) is 48.5 Å². The van der Waals surface area contributed by atoms with Crippen LogP contribution in [0.3, 0.4) is 0 Å². The predicted molar refractivity (Wildman–Crippen MR) is 125 cm³/mol. The van der Waals surface area contributed by atoms with Gasteiger partial charge in [-0.3, -0.25) is 4.79 Å². The van der Waals surface area contributed by atoms with Crippen molar-refractivity contribution < 1.29 is 28.9 Å². The van der Waals surface area contributed by atoms with Crippen molar-refractivity contribution in [3.8, 4) is 11.5 Å². The van der Waals surface area contributed by atoms with Gasteiger partial charge in [-0.1, -0.05) is 36.4 Å². The minimum Gasteiger partial charge on any atom is -0.485 e. The Morgan fingerprint density at radius 3 is 2.48 bits per heavy atom. The molecule has 0 saturated heterocycles. The monoisotopic (exact) mass is 455 g/mol. The molecule has 1 heterocycles. The van der Waals surface area contributed by atoms with Crippen LogP contribution in [-0.2, 0) is 16.0 Å². The van der Waals surface area contributed by atoms with E-state index in [1.54, 1.807) is 11.0 Å². The molecule has 33 heavy (non-hydrogen) atoms. The first-order valence-corrected chi connectivity index (χ1v) is 11.2. The molecule has 2 aromatic carbocycles. The molecule has 0 aliphatic carbocycles. The van der Waals surface area contributed by atoms with Crippen molar-refractivity contribution >= 4 is 11.9 Å². The van der Waals surface area contributed by atoms with Crippen molar-refractivity contribution in [1.29, 1.82) is 0 Å². The maximum Gasteiger partial charge on any atom is 0.410 e. The smallest absolute Gasteiger partial charge is 0.410 e. The van der Waals surface area contributed by atoms with Crippen LogP contribution in [0.25, 0.3) is 0 Å². The third-order valence-electron chi connectivity index (χ3n) is 5.37. The zero-order valence-electron chi connectivity index (χ0n) is 19.9. The van der Waals surface area contributed by atoms with Gasteiger partial charge < -0.3 is 24.2 Å². The maximum absolute atomic E-state index is 13.0. The fourth-order valence-corrected chi connectivity index (χ4v) is 3.62. The van der Waals surface area contributed by atoms with E-state index in [9.17, 15) is 14.7 Å². The number of aliphatic hydroxyl groups is 1. The van der Waals surface area contributed by atoms with Gasteiger partial charge in [-0.15, -0.1) is 0 Å².